The monoisotopic (exact) mass is 427 g/mol. The van der Waals surface area contributed by atoms with E-state index in [4.69, 9.17) is 14.6 Å². The first-order valence-corrected chi connectivity index (χ1v) is 10.0. The minimum Gasteiger partial charge on any atom is -0.465 e. The third-order valence-corrected chi connectivity index (χ3v) is 5.13. The lowest BCUT2D eigenvalue weighted by molar-refractivity contribution is 0.0456. The first-order chi connectivity index (χ1) is 15.6. The highest BCUT2D eigenvalue weighted by atomic mass is 16.5. The van der Waals surface area contributed by atoms with Crippen molar-refractivity contribution >= 4 is 22.8 Å². The van der Waals surface area contributed by atoms with Gasteiger partial charge in [-0.25, -0.2) is 14.6 Å². The lowest BCUT2D eigenvalue weighted by atomic mass is 9.94. The fourth-order valence-corrected chi connectivity index (χ4v) is 3.56. The number of esters is 2. The van der Waals surface area contributed by atoms with Crippen LogP contribution in [0, 0.1) is 0 Å². The van der Waals surface area contributed by atoms with Crippen LogP contribution in [-0.2, 0) is 22.7 Å². The topological polar surface area (TPSA) is 85.7 Å². The number of carbonyl (C=O) groups excluding carboxylic acids is 2. The molecule has 0 aliphatic heterocycles. The molecule has 4 aromatic rings. The zero-order valence-electron chi connectivity index (χ0n) is 17.4. The van der Waals surface area contributed by atoms with E-state index in [1.54, 1.807) is 24.3 Å². The molecule has 0 atom stereocenters. The summed E-state index contributed by atoms with van der Waals surface area (Å²) in [6.45, 7) is -0.309. The fourth-order valence-electron chi connectivity index (χ4n) is 3.56. The molecule has 4 rings (SSSR count). The molecule has 0 saturated carbocycles. The number of fused-ring (bicyclic) bond motifs is 1. The highest BCUT2D eigenvalue weighted by Crippen LogP contribution is 2.34. The van der Waals surface area contributed by atoms with E-state index in [0.717, 1.165) is 10.9 Å². The predicted molar refractivity (Wildman–Crippen MR) is 120 cm³/mol. The van der Waals surface area contributed by atoms with Crippen molar-refractivity contribution in [2.75, 3.05) is 7.11 Å². The number of aliphatic hydroxyl groups excluding tert-OH is 1. The molecular weight excluding hydrogens is 406 g/mol. The van der Waals surface area contributed by atoms with E-state index < -0.39 is 11.9 Å². The molecule has 0 fully saturated rings. The van der Waals surface area contributed by atoms with Gasteiger partial charge in [-0.1, -0.05) is 60.7 Å². The van der Waals surface area contributed by atoms with Gasteiger partial charge in [-0.2, -0.15) is 0 Å². The summed E-state index contributed by atoms with van der Waals surface area (Å²) in [5.74, 6) is -1.11. The number of hydrogen-bond acceptors (Lipinski definition) is 6. The first-order valence-electron chi connectivity index (χ1n) is 10.0. The predicted octanol–water partition coefficient (Wildman–Crippen LogP) is 4.54. The third kappa shape index (κ3) is 4.22. The van der Waals surface area contributed by atoms with Crippen molar-refractivity contribution in [1.29, 1.82) is 0 Å². The van der Waals surface area contributed by atoms with Crippen LogP contribution in [0.25, 0.3) is 22.0 Å². The maximum absolute atomic E-state index is 12.8. The average molecular weight is 427 g/mol. The Morgan fingerprint density at radius 3 is 2.25 bits per heavy atom. The van der Waals surface area contributed by atoms with Crippen LogP contribution in [0.1, 0.15) is 32.0 Å². The van der Waals surface area contributed by atoms with Gasteiger partial charge in [0.1, 0.15) is 6.61 Å². The lowest BCUT2D eigenvalue weighted by Gasteiger charge is -2.16. The number of hydrogen-bond donors (Lipinski definition) is 1. The number of methoxy groups -OCH3 is 1. The highest BCUT2D eigenvalue weighted by Gasteiger charge is 2.24. The number of aliphatic hydroxyl groups is 1. The van der Waals surface area contributed by atoms with Crippen LogP contribution in [0.15, 0.2) is 78.9 Å². The molecule has 1 heterocycles. The molecule has 0 aliphatic rings. The SMILES string of the molecule is COC(=O)c1c(COC(=O)c2ccc(CO)cc2)nc2ccccc2c1-c1ccccc1. The van der Waals surface area contributed by atoms with Crippen LogP contribution >= 0.6 is 0 Å². The molecule has 160 valence electrons. The van der Waals surface area contributed by atoms with Gasteiger partial charge in [0.15, 0.2) is 0 Å². The van der Waals surface area contributed by atoms with E-state index in [-0.39, 0.29) is 18.8 Å². The van der Waals surface area contributed by atoms with Gasteiger partial charge in [-0.3, -0.25) is 0 Å². The van der Waals surface area contributed by atoms with Crippen molar-refractivity contribution in [3.63, 3.8) is 0 Å². The smallest absolute Gasteiger partial charge is 0.340 e. The molecule has 0 saturated heterocycles. The number of pyridine rings is 1. The van der Waals surface area contributed by atoms with Crippen LogP contribution in [0.4, 0.5) is 0 Å². The van der Waals surface area contributed by atoms with E-state index in [0.29, 0.717) is 27.9 Å². The van der Waals surface area contributed by atoms with E-state index in [2.05, 4.69) is 4.98 Å². The standard InChI is InChI=1S/C26H21NO5/c1-31-26(30)24-22(16-32-25(29)19-13-11-17(15-28)12-14-19)27-21-10-6-5-9-20(21)23(24)18-7-3-2-4-8-18/h2-14,28H,15-16H2,1H3. The van der Waals surface area contributed by atoms with Crippen LogP contribution in [0.3, 0.4) is 0 Å². The van der Waals surface area contributed by atoms with Gasteiger partial charge in [0.2, 0.25) is 0 Å². The van der Waals surface area contributed by atoms with E-state index in [1.165, 1.54) is 7.11 Å². The van der Waals surface area contributed by atoms with Gasteiger partial charge >= 0.3 is 11.9 Å². The van der Waals surface area contributed by atoms with Crippen molar-refractivity contribution in [3.05, 3.63) is 101 Å². The number of ether oxygens (including phenoxy) is 2. The Morgan fingerprint density at radius 1 is 0.875 bits per heavy atom. The normalized spacial score (nSPS) is 10.7. The largest absolute Gasteiger partial charge is 0.465 e. The third-order valence-electron chi connectivity index (χ3n) is 5.13. The Morgan fingerprint density at radius 2 is 1.56 bits per heavy atom. The van der Waals surface area contributed by atoms with Crippen LogP contribution in [0.2, 0.25) is 0 Å². The molecule has 3 aromatic carbocycles. The zero-order valence-corrected chi connectivity index (χ0v) is 17.4. The summed E-state index contributed by atoms with van der Waals surface area (Å²) < 4.78 is 10.6. The Hall–Kier alpha value is -4.03. The average Bonchev–Trinajstić information content (AvgIpc) is 2.86. The summed E-state index contributed by atoms with van der Waals surface area (Å²) in [6, 6.07) is 23.5. The molecule has 0 spiro atoms. The number of rotatable bonds is 6. The highest BCUT2D eigenvalue weighted by molar-refractivity contribution is 6.07. The second-order valence-electron chi connectivity index (χ2n) is 7.11. The Bertz CT molecular complexity index is 1270. The van der Waals surface area contributed by atoms with Crippen molar-refractivity contribution in [3.8, 4) is 11.1 Å². The summed E-state index contributed by atoms with van der Waals surface area (Å²) in [5.41, 5.74) is 3.80. The van der Waals surface area contributed by atoms with Gasteiger partial charge in [0.25, 0.3) is 0 Å². The van der Waals surface area contributed by atoms with Crippen molar-refractivity contribution < 1.29 is 24.2 Å². The molecule has 0 aliphatic carbocycles. The van der Waals surface area contributed by atoms with Crippen LogP contribution < -0.4 is 0 Å². The summed E-state index contributed by atoms with van der Waals surface area (Å²) in [5, 5.41) is 9.96. The molecule has 6 heteroatoms. The molecular formula is C26H21NO5. The quantitative estimate of drug-likeness (QED) is 0.455. The molecule has 0 amide bonds. The Labute approximate surface area is 185 Å². The maximum atomic E-state index is 12.8. The molecule has 32 heavy (non-hydrogen) atoms. The molecule has 0 unspecified atom stereocenters. The van der Waals surface area contributed by atoms with Crippen molar-refractivity contribution in [2.45, 2.75) is 13.2 Å². The molecule has 0 radical (unpaired) electrons. The second kappa shape index (κ2) is 9.41. The number of carbonyl (C=O) groups is 2. The molecule has 1 N–H and O–H groups in total. The number of para-hydroxylation sites is 1. The van der Waals surface area contributed by atoms with E-state index in [1.807, 2.05) is 54.6 Å². The van der Waals surface area contributed by atoms with E-state index >= 15 is 0 Å². The van der Waals surface area contributed by atoms with Gasteiger partial charge in [0, 0.05) is 10.9 Å². The van der Waals surface area contributed by atoms with E-state index in [9.17, 15) is 9.59 Å². The Kier molecular flexibility index (Phi) is 6.24. The molecule has 1 aromatic heterocycles. The summed E-state index contributed by atoms with van der Waals surface area (Å²) in [7, 11) is 1.31. The van der Waals surface area contributed by atoms with Crippen molar-refractivity contribution in [2.24, 2.45) is 0 Å². The van der Waals surface area contributed by atoms with Gasteiger partial charge in [-0.15, -0.1) is 0 Å². The summed E-state index contributed by atoms with van der Waals surface area (Å²) >= 11 is 0. The zero-order chi connectivity index (χ0) is 22.5. The summed E-state index contributed by atoms with van der Waals surface area (Å²) in [6.07, 6.45) is 0. The number of nitrogens with zero attached hydrogens (tertiary/aromatic N) is 1. The minimum absolute atomic E-state index is 0.110. The van der Waals surface area contributed by atoms with Gasteiger partial charge < -0.3 is 14.6 Å². The first kappa shape index (κ1) is 21.2. The van der Waals surface area contributed by atoms with Crippen molar-refractivity contribution in [1.82, 2.24) is 4.98 Å². The van der Waals surface area contributed by atoms with Gasteiger partial charge in [-0.05, 0) is 29.3 Å². The van der Waals surface area contributed by atoms with Crippen LogP contribution in [-0.4, -0.2) is 29.1 Å². The second-order valence-corrected chi connectivity index (χ2v) is 7.11. The summed E-state index contributed by atoms with van der Waals surface area (Å²) in [4.78, 5) is 30.0. The maximum Gasteiger partial charge on any atom is 0.340 e. The lowest BCUT2D eigenvalue weighted by Crippen LogP contribution is -2.14. The minimum atomic E-state index is -0.555. The Balaban J connectivity index is 1.78. The fraction of sp³-hybridized carbons (Fsp3) is 0.115. The number of aromatic nitrogens is 1. The van der Waals surface area contributed by atoms with Crippen LogP contribution in [0.5, 0.6) is 0 Å². The molecule has 6 nitrogen and oxygen atoms in total. The molecule has 0 bridgehead atoms. The number of benzene rings is 3. The van der Waals surface area contributed by atoms with Gasteiger partial charge in [0.05, 0.1) is 36.1 Å².